The Kier molecular flexibility index (Phi) is 6.04. The maximum Gasteiger partial charge on any atom is 0.335 e. The third-order valence-electron chi connectivity index (χ3n) is 4.40. The van der Waals surface area contributed by atoms with E-state index in [0.29, 0.717) is 5.75 Å². The summed E-state index contributed by atoms with van der Waals surface area (Å²) in [4.78, 5) is 11.8. The molecular weight excluding hydrogens is 324 g/mol. The van der Waals surface area contributed by atoms with Crippen LogP contribution in [-0.4, -0.2) is 5.97 Å². The first kappa shape index (κ1) is 19.5. The fourth-order valence-corrected chi connectivity index (χ4v) is 3.31. The lowest BCUT2D eigenvalue weighted by molar-refractivity contribution is -0.129. The van der Waals surface area contributed by atoms with E-state index in [2.05, 4.69) is 45.2 Å². The van der Waals surface area contributed by atoms with Crippen LogP contribution in [0.5, 0.6) is 11.5 Å². The number of rotatable bonds is 6. The fraction of sp³-hybridized carbons (Fsp3) is 0.261. The first-order valence-electron chi connectivity index (χ1n) is 8.62. The van der Waals surface area contributed by atoms with Crippen LogP contribution < -0.4 is 9.47 Å². The van der Waals surface area contributed by atoms with Crippen molar-refractivity contribution in [3.63, 3.8) is 0 Å². The fourth-order valence-electron chi connectivity index (χ4n) is 3.31. The summed E-state index contributed by atoms with van der Waals surface area (Å²) in [5.74, 6) is 0.873. The van der Waals surface area contributed by atoms with Crippen molar-refractivity contribution >= 4 is 5.97 Å². The van der Waals surface area contributed by atoms with Crippen molar-refractivity contribution in [1.82, 2.24) is 0 Å². The van der Waals surface area contributed by atoms with Crippen molar-refractivity contribution in [1.29, 1.82) is 0 Å². The number of ether oxygens (including phenoxy) is 2. The van der Waals surface area contributed by atoms with Crippen LogP contribution in [0.25, 0.3) is 0 Å². The Hall–Kier alpha value is -2.81. The number of carbonyl (C=O) groups is 1. The molecule has 0 aliphatic rings. The minimum Gasteiger partial charge on any atom is -0.465 e. The maximum atomic E-state index is 11.8. The molecule has 2 rings (SSSR count). The van der Waals surface area contributed by atoms with E-state index in [1.807, 2.05) is 26.8 Å². The molecule has 26 heavy (non-hydrogen) atoms. The predicted octanol–water partition coefficient (Wildman–Crippen LogP) is 5.69. The Morgan fingerprint density at radius 3 is 1.92 bits per heavy atom. The molecule has 1 unspecified atom stereocenters. The van der Waals surface area contributed by atoms with E-state index in [-0.39, 0.29) is 5.92 Å². The van der Waals surface area contributed by atoms with Crippen LogP contribution in [0.2, 0.25) is 0 Å². The molecule has 2 aromatic rings. The molecule has 0 N–H and O–H groups in total. The van der Waals surface area contributed by atoms with E-state index in [1.54, 1.807) is 0 Å². The second kappa shape index (κ2) is 8.05. The van der Waals surface area contributed by atoms with Crippen LogP contribution in [-0.2, 0) is 4.79 Å². The average Bonchev–Trinajstić information content (AvgIpc) is 2.58. The van der Waals surface area contributed by atoms with Crippen LogP contribution in [0.1, 0.15) is 46.2 Å². The summed E-state index contributed by atoms with van der Waals surface area (Å²) in [5, 5.41) is 0. The second-order valence-corrected chi connectivity index (χ2v) is 6.63. The zero-order chi connectivity index (χ0) is 19.4. The van der Waals surface area contributed by atoms with E-state index in [0.717, 1.165) is 39.1 Å². The summed E-state index contributed by atoms with van der Waals surface area (Å²) in [7, 11) is 0. The molecule has 0 aromatic heterocycles. The molecular formula is C23H26O3. The molecule has 2 aromatic carbocycles. The predicted molar refractivity (Wildman–Crippen MR) is 106 cm³/mol. The van der Waals surface area contributed by atoms with Crippen LogP contribution in [0, 0.1) is 27.7 Å². The number of hydrogen-bond donors (Lipinski definition) is 0. The average molecular weight is 350 g/mol. The normalized spacial score (nSPS) is 11.6. The van der Waals surface area contributed by atoms with E-state index in [4.69, 9.17) is 9.47 Å². The summed E-state index contributed by atoms with van der Waals surface area (Å²) in [5.41, 5.74) is 6.19. The van der Waals surface area contributed by atoms with Gasteiger partial charge in [0.05, 0.1) is 6.26 Å². The van der Waals surface area contributed by atoms with Gasteiger partial charge in [-0.15, -0.1) is 0 Å². The van der Waals surface area contributed by atoms with Gasteiger partial charge in [0, 0.05) is 23.1 Å². The monoisotopic (exact) mass is 350 g/mol. The third kappa shape index (κ3) is 4.05. The number of esters is 1. The molecule has 0 saturated heterocycles. The first-order valence-corrected chi connectivity index (χ1v) is 8.62. The number of aryl methyl sites for hydroxylation is 4. The van der Waals surface area contributed by atoms with E-state index in [1.165, 1.54) is 12.3 Å². The van der Waals surface area contributed by atoms with Gasteiger partial charge in [0.2, 0.25) is 0 Å². The van der Waals surface area contributed by atoms with Crippen LogP contribution >= 0.6 is 0 Å². The lowest BCUT2D eigenvalue weighted by Gasteiger charge is -2.22. The Morgan fingerprint density at radius 1 is 0.923 bits per heavy atom. The standard InChI is InChI=1S/C23H26O3/c1-8-21(24)26-23-17(6)11-15(4)13-20(23)18(7)19-12-14(3)10-16(5)22(19)25-9-2/h8-13,18H,1-2H2,3-7H3. The van der Waals surface area contributed by atoms with Crippen molar-refractivity contribution in [2.75, 3.05) is 0 Å². The quantitative estimate of drug-likeness (QED) is 0.291. The summed E-state index contributed by atoms with van der Waals surface area (Å²) in [6.07, 6.45) is 2.62. The Balaban J connectivity index is 2.67. The lowest BCUT2D eigenvalue weighted by Crippen LogP contribution is -2.10. The highest BCUT2D eigenvalue weighted by molar-refractivity contribution is 5.84. The second-order valence-electron chi connectivity index (χ2n) is 6.63. The number of hydrogen-bond acceptors (Lipinski definition) is 3. The van der Waals surface area contributed by atoms with Gasteiger partial charge in [-0.2, -0.15) is 0 Å². The topological polar surface area (TPSA) is 35.5 Å². The highest BCUT2D eigenvalue weighted by Crippen LogP contribution is 2.40. The van der Waals surface area contributed by atoms with Gasteiger partial charge < -0.3 is 9.47 Å². The van der Waals surface area contributed by atoms with Crippen molar-refractivity contribution in [3.8, 4) is 11.5 Å². The molecule has 0 aliphatic carbocycles. The molecule has 0 amide bonds. The highest BCUT2D eigenvalue weighted by atomic mass is 16.5. The Morgan fingerprint density at radius 2 is 1.42 bits per heavy atom. The van der Waals surface area contributed by atoms with Gasteiger partial charge in [0.1, 0.15) is 11.5 Å². The lowest BCUT2D eigenvalue weighted by atomic mass is 9.87. The van der Waals surface area contributed by atoms with E-state index >= 15 is 0 Å². The van der Waals surface area contributed by atoms with E-state index in [9.17, 15) is 4.79 Å². The zero-order valence-electron chi connectivity index (χ0n) is 16.2. The van der Waals surface area contributed by atoms with E-state index < -0.39 is 5.97 Å². The van der Waals surface area contributed by atoms with Crippen molar-refractivity contribution in [3.05, 3.63) is 83.1 Å². The van der Waals surface area contributed by atoms with Crippen LogP contribution in [0.15, 0.2) is 49.8 Å². The van der Waals surface area contributed by atoms with Crippen molar-refractivity contribution in [2.24, 2.45) is 0 Å². The minimum atomic E-state index is -0.464. The molecule has 3 nitrogen and oxygen atoms in total. The molecule has 0 bridgehead atoms. The summed E-state index contributed by atoms with van der Waals surface area (Å²) in [6.45, 7) is 17.3. The maximum absolute atomic E-state index is 11.8. The van der Waals surface area contributed by atoms with Gasteiger partial charge in [-0.1, -0.05) is 55.5 Å². The van der Waals surface area contributed by atoms with Gasteiger partial charge >= 0.3 is 5.97 Å². The molecule has 0 spiro atoms. The van der Waals surface area contributed by atoms with Gasteiger partial charge in [-0.25, -0.2) is 4.79 Å². The summed E-state index contributed by atoms with van der Waals surface area (Å²) >= 11 is 0. The third-order valence-corrected chi connectivity index (χ3v) is 4.40. The smallest absolute Gasteiger partial charge is 0.335 e. The SMILES string of the molecule is C=COc1c(C)cc(C)cc1C(C)c1cc(C)cc(C)c1OC(=O)C=C. The van der Waals surface area contributed by atoms with Gasteiger partial charge in [-0.3, -0.25) is 0 Å². The highest BCUT2D eigenvalue weighted by Gasteiger charge is 2.22. The number of carbonyl (C=O) groups excluding carboxylic acids is 1. The molecule has 3 heteroatoms. The van der Waals surface area contributed by atoms with Crippen molar-refractivity contribution in [2.45, 2.75) is 40.5 Å². The van der Waals surface area contributed by atoms with Gasteiger partial charge in [0.15, 0.2) is 0 Å². The Bertz CT molecular complexity index is 862. The molecule has 136 valence electrons. The van der Waals surface area contributed by atoms with Crippen LogP contribution in [0.3, 0.4) is 0 Å². The molecule has 0 fully saturated rings. The van der Waals surface area contributed by atoms with Crippen LogP contribution in [0.4, 0.5) is 0 Å². The molecule has 0 radical (unpaired) electrons. The zero-order valence-corrected chi connectivity index (χ0v) is 16.2. The Labute approximate surface area is 156 Å². The first-order chi connectivity index (χ1) is 12.3. The molecule has 0 heterocycles. The molecule has 0 aliphatic heterocycles. The molecule has 0 saturated carbocycles. The summed E-state index contributed by atoms with van der Waals surface area (Å²) < 4.78 is 11.3. The summed E-state index contributed by atoms with van der Waals surface area (Å²) in [6, 6.07) is 8.24. The van der Waals surface area contributed by atoms with Gasteiger partial charge in [-0.05, 0) is 38.8 Å². The van der Waals surface area contributed by atoms with Crippen molar-refractivity contribution < 1.29 is 14.3 Å². The largest absolute Gasteiger partial charge is 0.465 e. The van der Waals surface area contributed by atoms with Gasteiger partial charge in [0.25, 0.3) is 0 Å². The molecule has 1 atom stereocenters. The minimum absolute atomic E-state index is 0.0326. The number of benzene rings is 2.